The van der Waals surface area contributed by atoms with Gasteiger partial charge in [0.15, 0.2) is 21.3 Å². The highest BCUT2D eigenvalue weighted by molar-refractivity contribution is 7.91. The first-order valence-corrected chi connectivity index (χ1v) is 9.28. The molecule has 2 rings (SSSR count). The quantitative estimate of drug-likeness (QED) is 0.779. The van der Waals surface area contributed by atoms with Crippen molar-refractivity contribution in [3.8, 4) is 0 Å². The predicted molar refractivity (Wildman–Crippen MR) is 81.7 cm³/mol. The summed E-state index contributed by atoms with van der Waals surface area (Å²) < 4.78 is 23.3. The van der Waals surface area contributed by atoms with E-state index in [9.17, 15) is 13.2 Å². The van der Waals surface area contributed by atoms with Crippen molar-refractivity contribution in [1.29, 1.82) is 0 Å². The molecule has 1 aliphatic rings. The van der Waals surface area contributed by atoms with Crippen LogP contribution in [0.5, 0.6) is 0 Å². The Bertz CT molecular complexity index is 600. The number of nitrogens with zero attached hydrogens (tertiary/aromatic N) is 2. The lowest BCUT2D eigenvalue weighted by Gasteiger charge is -2.19. The van der Waals surface area contributed by atoms with Crippen molar-refractivity contribution < 1.29 is 13.2 Å². The summed E-state index contributed by atoms with van der Waals surface area (Å²) >= 11 is 1.35. The molecule has 20 heavy (non-hydrogen) atoms. The van der Waals surface area contributed by atoms with Crippen LogP contribution in [0.4, 0.5) is 5.13 Å². The maximum absolute atomic E-state index is 11.6. The number of sulfone groups is 1. The Hall–Kier alpha value is -0.950. The van der Waals surface area contributed by atoms with E-state index in [4.69, 9.17) is 0 Å². The van der Waals surface area contributed by atoms with Gasteiger partial charge in [-0.25, -0.2) is 13.4 Å². The van der Waals surface area contributed by atoms with Gasteiger partial charge in [-0.05, 0) is 6.42 Å². The Balaban J connectivity index is 2.30. The minimum absolute atomic E-state index is 0.161. The molecule has 112 valence electrons. The zero-order chi connectivity index (χ0) is 15.0. The van der Waals surface area contributed by atoms with E-state index in [1.807, 2.05) is 25.7 Å². The molecule has 0 saturated carbocycles. The second-order valence-corrected chi connectivity index (χ2v) is 9.38. The molecule has 0 unspecified atom stereocenters. The minimum Gasteiger partial charge on any atom is -0.347 e. The van der Waals surface area contributed by atoms with Crippen molar-refractivity contribution in [2.75, 3.05) is 29.5 Å². The number of hydrogen-bond acceptors (Lipinski definition) is 6. The van der Waals surface area contributed by atoms with Gasteiger partial charge in [-0.3, -0.25) is 4.79 Å². The number of carbonyl (C=O) groups is 1. The second kappa shape index (κ2) is 5.44. The summed E-state index contributed by atoms with van der Waals surface area (Å²) in [6.45, 7) is 7.19. The molecule has 7 heteroatoms. The van der Waals surface area contributed by atoms with E-state index in [2.05, 4.69) is 4.98 Å². The third-order valence-corrected chi connectivity index (χ3v) is 6.04. The summed E-state index contributed by atoms with van der Waals surface area (Å²) in [6.07, 6.45) is 1.46. The number of hydrogen-bond donors (Lipinski definition) is 0. The number of aromatic nitrogens is 1. The number of rotatable bonds is 2. The van der Waals surface area contributed by atoms with Crippen molar-refractivity contribution in [3.63, 3.8) is 0 Å². The van der Waals surface area contributed by atoms with Crippen molar-refractivity contribution in [1.82, 2.24) is 4.98 Å². The highest BCUT2D eigenvalue weighted by Crippen LogP contribution is 2.33. The van der Waals surface area contributed by atoms with Crippen LogP contribution < -0.4 is 4.90 Å². The van der Waals surface area contributed by atoms with E-state index >= 15 is 0 Å². The van der Waals surface area contributed by atoms with Gasteiger partial charge in [0.2, 0.25) is 0 Å². The van der Waals surface area contributed by atoms with E-state index in [1.165, 1.54) is 11.3 Å². The second-order valence-electron chi connectivity index (χ2n) is 6.07. The first kappa shape index (κ1) is 15.4. The van der Waals surface area contributed by atoms with E-state index in [0.717, 1.165) is 17.1 Å². The molecular weight excluding hydrogens is 296 g/mol. The van der Waals surface area contributed by atoms with Gasteiger partial charge in [0, 0.05) is 18.5 Å². The lowest BCUT2D eigenvalue weighted by atomic mass is 9.91. The Morgan fingerprint density at radius 1 is 1.25 bits per heavy atom. The molecule has 0 N–H and O–H groups in total. The van der Waals surface area contributed by atoms with E-state index < -0.39 is 9.84 Å². The SMILES string of the molecule is CC(C)(C)c1nc(N2CCCS(=O)(=O)CC2)sc1C=O. The molecule has 1 fully saturated rings. The van der Waals surface area contributed by atoms with E-state index in [-0.39, 0.29) is 16.9 Å². The average Bonchev–Trinajstić information content (AvgIpc) is 2.69. The molecule has 0 radical (unpaired) electrons. The third-order valence-electron chi connectivity index (χ3n) is 3.29. The molecular formula is C13H20N2O3S2. The van der Waals surface area contributed by atoms with Gasteiger partial charge in [-0.15, -0.1) is 0 Å². The maximum atomic E-state index is 11.6. The standard InChI is InChI=1S/C13H20N2O3S2/c1-13(2,3)11-10(9-16)19-12(14-11)15-5-4-7-20(17,18)8-6-15/h9H,4-8H2,1-3H3. The van der Waals surface area contributed by atoms with Gasteiger partial charge in [0.05, 0.1) is 22.1 Å². The minimum atomic E-state index is -2.93. The normalized spacial score (nSPS) is 19.6. The highest BCUT2D eigenvalue weighted by atomic mass is 32.2. The lowest BCUT2D eigenvalue weighted by Crippen LogP contribution is -2.26. The molecule has 1 aromatic rings. The van der Waals surface area contributed by atoms with Crippen molar-refractivity contribution in [3.05, 3.63) is 10.6 Å². The van der Waals surface area contributed by atoms with Crippen LogP contribution >= 0.6 is 11.3 Å². The zero-order valence-electron chi connectivity index (χ0n) is 12.0. The van der Waals surface area contributed by atoms with Gasteiger partial charge in [-0.2, -0.15) is 0 Å². The van der Waals surface area contributed by atoms with Crippen molar-refractivity contribution >= 4 is 32.6 Å². The van der Waals surface area contributed by atoms with Gasteiger partial charge < -0.3 is 4.90 Å². The van der Waals surface area contributed by atoms with Crippen LogP contribution in [-0.4, -0.2) is 44.3 Å². The van der Waals surface area contributed by atoms with Crippen LogP contribution in [0, 0.1) is 0 Å². The molecule has 0 amide bonds. The topological polar surface area (TPSA) is 67.3 Å². The Morgan fingerprint density at radius 2 is 1.95 bits per heavy atom. The number of anilines is 1. The van der Waals surface area contributed by atoms with Crippen LogP contribution in [0.15, 0.2) is 0 Å². The fraction of sp³-hybridized carbons (Fsp3) is 0.692. The van der Waals surface area contributed by atoms with Crippen molar-refractivity contribution in [2.24, 2.45) is 0 Å². The monoisotopic (exact) mass is 316 g/mol. The van der Waals surface area contributed by atoms with Gasteiger partial charge in [0.25, 0.3) is 0 Å². The number of thiazole rings is 1. The molecule has 0 aliphatic carbocycles. The molecule has 0 aromatic carbocycles. The largest absolute Gasteiger partial charge is 0.347 e. The summed E-state index contributed by atoms with van der Waals surface area (Å²) in [4.78, 5) is 18.4. The first-order valence-electron chi connectivity index (χ1n) is 6.65. The molecule has 0 atom stereocenters. The lowest BCUT2D eigenvalue weighted by molar-refractivity contribution is 0.112. The third kappa shape index (κ3) is 3.38. The van der Waals surface area contributed by atoms with Gasteiger partial charge in [0.1, 0.15) is 0 Å². The number of carbonyl (C=O) groups excluding carboxylic acids is 1. The zero-order valence-corrected chi connectivity index (χ0v) is 13.7. The molecule has 1 aliphatic heterocycles. The van der Waals surface area contributed by atoms with Gasteiger partial charge in [-0.1, -0.05) is 32.1 Å². The molecule has 1 saturated heterocycles. The van der Waals surface area contributed by atoms with Crippen LogP contribution in [0.2, 0.25) is 0 Å². The summed E-state index contributed by atoms with van der Waals surface area (Å²) in [6, 6.07) is 0. The molecule has 0 bridgehead atoms. The predicted octanol–water partition coefficient (Wildman–Crippen LogP) is 1.88. The van der Waals surface area contributed by atoms with Crippen molar-refractivity contribution in [2.45, 2.75) is 32.6 Å². The van der Waals surface area contributed by atoms with Crippen LogP contribution in [0.3, 0.4) is 0 Å². The summed E-state index contributed by atoms with van der Waals surface area (Å²) in [5.41, 5.74) is 0.600. The van der Waals surface area contributed by atoms with Crippen LogP contribution in [-0.2, 0) is 15.3 Å². The smallest absolute Gasteiger partial charge is 0.186 e. The maximum Gasteiger partial charge on any atom is 0.186 e. The van der Waals surface area contributed by atoms with E-state index in [0.29, 0.717) is 24.4 Å². The Morgan fingerprint density at radius 3 is 2.50 bits per heavy atom. The molecule has 2 heterocycles. The van der Waals surface area contributed by atoms with Crippen LogP contribution in [0.25, 0.3) is 0 Å². The Kier molecular flexibility index (Phi) is 4.20. The Labute approximate surface area is 123 Å². The van der Waals surface area contributed by atoms with E-state index in [1.54, 1.807) is 0 Å². The molecule has 1 aromatic heterocycles. The molecule has 0 spiro atoms. The highest BCUT2D eigenvalue weighted by Gasteiger charge is 2.26. The average molecular weight is 316 g/mol. The first-order chi connectivity index (χ1) is 9.23. The number of aldehydes is 1. The molecule has 5 nitrogen and oxygen atoms in total. The van der Waals surface area contributed by atoms with Crippen LogP contribution in [0.1, 0.15) is 42.6 Å². The summed E-state index contributed by atoms with van der Waals surface area (Å²) in [5.74, 6) is 0.398. The fourth-order valence-electron chi connectivity index (χ4n) is 2.20. The summed E-state index contributed by atoms with van der Waals surface area (Å²) in [7, 11) is -2.93. The fourth-order valence-corrected chi connectivity index (χ4v) is 4.62. The van der Waals surface area contributed by atoms with Gasteiger partial charge >= 0.3 is 0 Å². The summed E-state index contributed by atoms with van der Waals surface area (Å²) in [5, 5.41) is 0.758.